The molecule has 0 radical (unpaired) electrons. The first-order valence-electron chi connectivity index (χ1n) is 7.74. The van der Waals surface area contributed by atoms with Crippen molar-refractivity contribution in [2.24, 2.45) is 0 Å². The maximum Gasteiger partial charge on any atom is 0.248 e. The Balaban J connectivity index is 2.02. The Morgan fingerprint density at radius 3 is 2.55 bits per heavy atom. The number of amides is 1. The maximum absolute atomic E-state index is 11.8. The summed E-state index contributed by atoms with van der Waals surface area (Å²) in [5, 5.41) is 2.92. The number of hydrogen-bond acceptors (Lipinski definition) is 3. The molecule has 2 rings (SSSR count). The van der Waals surface area contributed by atoms with Crippen LogP contribution in [0, 0.1) is 6.92 Å². The summed E-state index contributed by atoms with van der Waals surface area (Å²) in [6, 6.07) is 6.23. The normalized spacial score (nSPS) is 16.6. The van der Waals surface area contributed by atoms with Gasteiger partial charge in [0.2, 0.25) is 5.91 Å². The summed E-state index contributed by atoms with van der Waals surface area (Å²) in [4.78, 5) is 16.6. The van der Waals surface area contributed by atoms with Gasteiger partial charge in [0.15, 0.2) is 0 Å². The van der Waals surface area contributed by atoms with Crippen molar-refractivity contribution in [3.05, 3.63) is 48.1 Å². The van der Waals surface area contributed by atoms with Gasteiger partial charge in [-0.15, -0.1) is 0 Å². The third-order valence-electron chi connectivity index (χ3n) is 3.89. The number of anilines is 2. The van der Waals surface area contributed by atoms with Crippen LogP contribution in [0.5, 0.6) is 0 Å². The third kappa shape index (κ3) is 4.46. The quantitative estimate of drug-likeness (QED) is 0.686. The Kier molecular flexibility index (Phi) is 5.78. The minimum absolute atomic E-state index is 0.103. The predicted molar refractivity (Wildman–Crippen MR) is 93.5 cm³/mol. The molecule has 0 unspecified atom stereocenters. The van der Waals surface area contributed by atoms with E-state index in [0.29, 0.717) is 0 Å². The Morgan fingerprint density at radius 1 is 1.18 bits per heavy atom. The molecule has 1 amide bonds. The standard InChI is InChI=1S/C18H25N3O/c1-4-5-6-7-18(22)19-17-9-8-16(14-15(17)2)21-12-10-20(3)11-13-21/h4-9,14H,10-13H2,1-3H3,(H,19,22). The van der Waals surface area contributed by atoms with Crippen molar-refractivity contribution >= 4 is 17.3 Å². The van der Waals surface area contributed by atoms with Crippen molar-refractivity contribution in [2.75, 3.05) is 43.4 Å². The maximum atomic E-state index is 11.8. The van der Waals surface area contributed by atoms with Crippen molar-refractivity contribution in [1.82, 2.24) is 4.90 Å². The topological polar surface area (TPSA) is 35.6 Å². The smallest absolute Gasteiger partial charge is 0.248 e. The molecule has 0 aliphatic carbocycles. The number of aryl methyl sites for hydroxylation is 1. The van der Waals surface area contributed by atoms with Crippen LogP contribution >= 0.6 is 0 Å². The van der Waals surface area contributed by atoms with E-state index in [-0.39, 0.29) is 5.91 Å². The number of benzene rings is 1. The van der Waals surface area contributed by atoms with E-state index in [9.17, 15) is 4.79 Å². The first-order valence-corrected chi connectivity index (χ1v) is 7.74. The molecule has 1 N–H and O–H groups in total. The van der Waals surface area contributed by atoms with Gasteiger partial charge in [0, 0.05) is 43.6 Å². The van der Waals surface area contributed by atoms with E-state index in [1.54, 1.807) is 6.08 Å². The predicted octanol–water partition coefficient (Wildman–Crippen LogP) is 2.82. The lowest BCUT2D eigenvalue weighted by atomic mass is 10.1. The van der Waals surface area contributed by atoms with Gasteiger partial charge < -0.3 is 15.1 Å². The number of likely N-dealkylation sites (N-methyl/N-ethyl adjacent to an activating group) is 1. The molecule has 0 aromatic heterocycles. The first-order chi connectivity index (χ1) is 10.6. The summed E-state index contributed by atoms with van der Waals surface area (Å²) in [6.07, 6.45) is 7.00. The van der Waals surface area contributed by atoms with Crippen LogP contribution in [0.25, 0.3) is 0 Å². The highest BCUT2D eigenvalue weighted by Gasteiger charge is 2.14. The molecular weight excluding hydrogens is 274 g/mol. The van der Waals surface area contributed by atoms with E-state index >= 15 is 0 Å². The lowest BCUT2D eigenvalue weighted by Crippen LogP contribution is -2.44. The number of rotatable bonds is 4. The fourth-order valence-electron chi connectivity index (χ4n) is 2.48. The van der Waals surface area contributed by atoms with Crippen LogP contribution in [0.2, 0.25) is 0 Å². The highest BCUT2D eigenvalue weighted by Crippen LogP contribution is 2.23. The molecule has 1 fully saturated rings. The summed E-state index contributed by atoms with van der Waals surface area (Å²) in [6.45, 7) is 8.23. The molecule has 1 aliphatic rings. The van der Waals surface area contributed by atoms with Gasteiger partial charge in [-0.3, -0.25) is 4.79 Å². The zero-order valence-corrected chi connectivity index (χ0v) is 13.7. The Morgan fingerprint density at radius 2 is 1.91 bits per heavy atom. The van der Waals surface area contributed by atoms with Gasteiger partial charge in [-0.25, -0.2) is 0 Å². The summed E-state index contributed by atoms with van der Waals surface area (Å²) < 4.78 is 0. The Hall–Kier alpha value is -2.07. The summed E-state index contributed by atoms with van der Waals surface area (Å²) >= 11 is 0. The number of piperazine rings is 1. The Bertz CT molecular complexity index is 570. The second-order valence-electron chi connectivity index (χ2n) is 5.66. The largest absolute Gasteiger partial charge is 0.369 e. The molecule has 1 aliphatic heterocycles. The van der Waals surface area contributed by atoms with Crippen LogP contribution in [0.1, 0.15) is 12.5 Å². The van der Waals surface area contributed by atoms with Gasteiger partial charge in [0.1, 0.15) is 0 Å². The molecule has 118 valence electrons. The van der Waals surface area contributed by atoms with Crippen LogP contribution in [-0.4, -0.2) is 44.0 Å². The number of hydrogen-bond donors (Lipinski definition) is 1. The van der Waals surface area contributed by atoms with Gasteiger partial charge in [0.05, 0.1) is 0 Å². The van der Waals surface area contributed by atoms with Crippen LogP contribution in [-0.2, 0) is 4.79 Å². The number of nitrogens with zero attached hydrogens (tertiary/aromatic N) is 2. The van der Waals surface area contributed by atoms with Gasteiger partial charge in [-0.2, -0.15) is 0 Å². The second-order valence-corrected chi connectivity index (χ2v) is 5.66. The molecule has 1 aromatic rings. The lowest BCUT2D eigenvalue weighted by molar-refractivity contribution is -0.111. The molecule has 1 saturated heterocycles. The van der Waals surface area contributed by atoms with Crippen LogP contribution in [0.3, 0.4) is 0 Å². The molecule has 0 spiro atoms. The zero-order valence-electron chi connectivity index (χ0n) is 13.7. The molecule has 0 atom stereocenters. The molecule has 1 heterocycles. The van der Waals surface area contributed by atoms with Crippen molar-refractivity contribution in [3.63, 3.8) is 0 Å². The van der Waals surface area contributed by atoms with E-state index in [4.69, 9.17) is 0 Å². The van der Waals surface area contributed by atoms with E-state index in [1.807, 2.05) is 32.1 Å². The Labute approximate surface area is 133 Å². The van der Waals surface area contributed by atoms with Crippen molar-refractivity contribution < 1.29 is 4.79 Å². The van der Waals surface area contributed by atoms with Gasteiger partial charge in [-0.1, -0.05) is 18.2 Å². The monoisotopic (exact) mass is 299 g/mol. The first kappa shape index (κ1) is 16.3. The van der Waals surface area contributed by atoms with Gasteiger partial charge in [-0.05, 0) is 44.7 Å². The van der Waals surface area contributed by atoms with Crippen LogP contribution in [0.15, 0.2) is 42.5 Å². The SMILES string of the molecule is CC=CC=CC(=O)Nc1ccc(N2CCN(C)CC2)cc1C. The van der Waals surface area contributed by atoms with Crippen LogP contribution in [0.4, 0.5) is 11.4 Å². The van der Waals surface area contributed by atoms with Crippen molar-refractivity contribution in [1.29, 1.82) is 0 Å². The summed E-state index contributed by atoms with van der Waals surface area (Å²) in [7, 11) is 2.16. The fourth-order valence-corrected chi connectivity index (χ4v) is 2.48. The highest BCUT2D eigenvalue weighted by molar-refractivity contribution is 6.00. The average molecular weight is 299 g/mol. The second kappa shape index (κ2) is 7.80. The fraction of sp³-hybridized carbons (Fsp3) is 0.389. The molecule has 1 aromatic carbocycles. The zero-order chi connectivity index (χ0) is 15.9. The van der Waals surface area contributed by atoms with E-state index < -0.39 is 0 Å². The minimum atomic E-state index is -0.103. The summed E-state index contributed by atoms with van der Waals surface area (Å²) in [5.41, 5.74) is 3.19. The molecule has 4 heteroatoms. The number of carbonyl (C=O) groups is 1. The van der Waals surface area contributed by atoms with E-state index in [2.05, 4.69) is 34.3 Å². The highest BCUT2D eigenvalue weighted by atomic mass is 16.1. The number of allylic oxidation sites excluding steroid dienone is 3. The van der Waals surface area contributed by atoms with Gasteiger partial charge in [0.25, 0.3) is 0 Å². The number of nitrogens with one attached hydrogen (secondary N) is 1. The molecule has 0 bridgehead atoms. The van der Waals surface area contributed by atoms with Gasteiger partial charge >= 0.3 is 0 Å². The third-order valence-corrected chi connectivity index (χ3v) is 3.89. The number of carbonyl (C=O) groups excluding carboxylic acids is 1. The van der Waals surface area contributed by atoms with Crippen LogP contribution < -0.4 is 10.2 Å². The molecular formula is C18H25N3O. The molecule has 4 nitrogen and oxygen atoms in total. The molecule has 0 saturated carbocycles. The van der Waals surface area contributed by atoms with Crippen molar-refractivity contribution in [3.8, 4) is 0 Å². The minimum Gasteiger partial charge on any atom is -0.369 e. The summed E-state index contributed by atoms with van der Waals surface area (Å²) in [5.74, 6) is -0.103. The van der Waals surface area contributed by atoms with E-state index in [1.165, 1.54) is 11.8 Å². The lowest BCUT2D eigenvalue weighted by Gasteiger charge is -2.34. The van der Waals surface area contributed by atoms with E-state index in [0.717, 1.165) is 37.4 Å². The van der Waals surface area contributed by atoms with Crippen molar-refractivity contribution in [2.45, 2.75) is 13.8 Å². The average Bonchev–Trinajstić information content (AvgIpc) is 2.50. The molecule has 22 heavy (non-hydrogen) atoms.